The highest BCUT2D eigenvalue weighted by Gasteiger charge is 2.38. The van der Waals surface area contributed by atoms with Crippen molar-refractivity contribution in [2.75, 3.05) is 13.2 Å². The number of carboxylic acid groups (broad SMARTS) is 1. The number of hydrogen-bond donors (Lipinski definition) is 2. The van der Waals surface area contributed by atoms with Crippen LogP contribution in [0.25, 0.3) is 11.0 Å². The number of aliphatic carboxylic acids is 1. The van der Waals surface area contributed by atoms with E-state index in [0.29, 0.717) is 34.9 Å². The van der Waals surface area contributed by atoms with Crippen molar-refractivity contribution in [2.45, 2.75) is 19.0 Å². The van der Waals surface area contributed by atoms with Gasteiger partial charge in [-0.15, -0.1) is 0 Å². The summed E-state index contributed by atoms with van der Waals surface area (Å²) in [5.41, 5.74) is 5.45. The lowest BCUT2D eigenvalue weighted by molar-refractivity contribution is -0.192. The number of carbonyl (C=O) groups is 1. The standard InChI is InChI=1S/C13H14ClNO3.C2HF3O2/c14-9-3-4-11-10(7-9)12(8-13(16)18-11)17-6-2-1-5-15;3-2(4,5)1(6)7/h3-4,7-8H,1-2,5-6,15H2;(H,6,7). The van der Waals surface area contributed by atoms with E-state index in [2.05, 4.69) is 0 Å². The summed E-state index contributed by atoms with van der Waals surface area (Å²) in [5, 5.41) is 8.40. The van der Waals surface area contributed by atoms with Crippen LogP contribution in [0.1, 0.15) is 12.8 Å². The molecule has 0 radical (unpaired) electrons. The summed E-state index contributed by atoms with van der Waals surface area (Å²) in [4.78, 5) is 20.3. The molecule has 0 spiro atoms. The highest BCUT2D eigenvalue weighted by Crippen LogP contribution is 2.26. The van der Waals surface area contributed by atoms with Crippen molar-refractivity contribution in [3.05, 3.63) is 39.7 Å². The summed E-state index contributed by atoms with van der Waals surface area (Å²) < 4.78 is 42.4. The number of fused-ring (bicyclic) bond motifs is 1. The van der Waals surface area contributed by atoms with Gasteiger partial charge < -0.3 is 20.0 Å². The van der Waals surface area contributed by atoms with Gasteiger partial charge in [-0.3, -0.25) is 0 Å². The van der Waals surface area contributed by atoms with Crippen LogP contribution in [-0.4, -0.2) is 30.4 Å². The molecular weight excluding hydrogens is 367 g/mol. The molecule has 138 valence electrons. The predicted molar refractivity (Wildman–Crippen MR) is 85.0 cm³/mol. The molecule has 1 aromatic carbocycles. The van der Waals surface area contributed by atoms with Crippen molar-refractivity contribution >= 4 is 28.5 Å². The molecule has 1 heterocycles. The maximum atomic E-state index is 11.4. The molecule has 0 aliphatic rings. The lowest BCUT2D eigenvalue weighted by Gasteiger charge is -2.08. The third-order valence-corrected chi connectivity index (χ3v) is 3.00. The predicted octanol–water partition coefficient (Wildman–Crippen LogP) is 3.20. The summed E-state index contributed by atoms with van der Waals surface area (Å²) in [7, 11) is 0. The van der Waals surface area contributed by atoms with Crippen molar-refractivity contribution in [3.63, 3.8) is 0 Å². The second-order valence-electron chi connectivity index (χ2n) is 4.72. The van der Waals surface area contributed by atoms with Crippen molar-refractivity contribution < 1.29 is 32.2 Å². The second-order valence-corrected chi connectivity index (χ2v) is 5.15. The molecule has 0 fully saturated rings. The minimum Gasteiger partial charge on any atom is -0.493 e. The Morgan fingerprint density at radius 1 is 1.28 bits per heavy atom. The summed E-state index contributed by atoms with van der Waals surface area (Å²) in [6.07, 6.45) is -3.35. The third kappa shape index (κ3) is 7.02. The second kappa shape index (κ2) is 9.28. The van der Waals surface area contributed by atoms with E-state index in [0.717, 1.165) is 12.8 Å². The Morgan fingerprint density at radius 3 is 2.48 bits per heavy atom. The number of benzene rings is 1. The van der Waals surface area contributed by atoms with Crippen LogP contribution in [0.2, 0.25) is 5.02 Å². The molecular formula is C15H15ClF3NO5. The fourth-order valence-electron chi connectivity index (χ4n) is 1.65. The van der Waals surface area contributed by atoms with Crippen LogP contribution in [0.5, 0.6) is 5.75 Å². The molecule has 0 aliphatic heterocycles. The monoisotopic (exact) mass is 381 g/mol. The van der Waals surface area contributed by atoms with Gasteiger partial charge in [-0.2, -0.15) is 13.2 Å². The van der Waals surface area contributed by atoms with Crippen molar-refractivity contribution in [2.24, 2.45) is 5.73 Å². The van der Waals surface area contributed by atoms with E-state index in [9.17, 15) is 18.0 Å². The van der Waals surface area contributed by atoms with E-state index in [1.54, 1.807) is 18.2 Å². The van der Waals surface area contributed by atoms with Crippen LogP contribution in [0.15, 0.2) is 33.5 Å². The molecule has 0 aliphatic carbocycles. The van der Waals surface area contributed by atoms with Gasteiger partial charge in [-0.25, -0.2) is 9.59 Å². The van der Waals surface area contributed by atoms with Crippen molar-refractivity contribution in [3.8, 4) is 5.75 Å². The molecule has 1 aromatic heterocycles. The van der Waals surface area contributed by atoms with Gasteiger partial charge >= 0.3 is 17.8 Å². The molecule has 10 heteroatoms. The lowest BCUT2D eigenvalue weighted by Crippen LogP contribution is -2.21. The average molecular weight is 382 g/mol. The van der Waals surface area contributed by atoms with Gasteiger partial charge in [-0.1, -0.05) is 11.6 Å². The summed E-state index contributed by atoms with van der Waals surface area (Å²) in [6, 6.07) is 6.38. The zero-order chi connectivity index (χ0) is 19.0. The number of unbranched alkanes of at least 4 members (excludes halogenated alkanes) is 1. The SMILES string of the molecule is NCCCCOc1cc(=O)oc2ccc(Cl)cc12.O=C(O)C(F)(F)F. The fraction of sp³-hybridized carbons (Fsp3) is 0.333. The molecule has 0 amide bonds. The molecule has 0 bridgehead atoms. The number of hydrogen-bond acceptors (Lipinski definition) is 5. The van der Waals surface area contributed by atoms with Gasteiger partial charge in [0.25, 0.3) is 0 Å². The first-order chi connectivity index (χ1) is 11.6. The van der Waals surface area contributed by atoms with Crippen LogP contribution in [0, 0.1) is 0 Å². The van der Waals surface area contributed by atoms with E-state index in [1.165, 1.54) is 6.07 Å². The molecule has 0 saturated carbocycles. The Kier molecular flexibility index (Phi) is 7.72. The largest absolute Gasteiger partial charge is 0.493 e. The maximum absolute atomic E-state index is 11.4. The van der Waals surface area contributed by atoms with Gasteiger partial charge in [0, 0.05) is 5.02 Å². The highest BCUT2D eigenvalue weighted by atomic mass is 35.5. The first kappa shape index (κ1) is 20.8. The smallest absolute Gasteiger partial charge is 0.490 e. The van der Waals surface area contributed by atoms with Crippen LogP contribution >= 0.6 is 11.6 Å². The first-order valence-electron chi connectivity index (χ1n) is 7.01. The average Bonchev–Trinajstić information content (AvgIpc) is 2.51. The van der Waals surface area contributed by atoms with E-state index in [1.807, 2.05) is 0 Å². The molecule has 25 heavy (non-hydrogen) atoms. The van der Waals surface area contributed by atoms with E-state index >= 15 is 0 Å². The van der Waals surface area contributed by atoms with Crippen LogP contribution in [-0.2, 0) is 4.79 Å². The molecule has 6 nitrogen and oxygen atoms in total. The maximum Gasteiger partial charge on any atom is 0.490 e. The Hall–Kier alpha value is -2.26. The van der Waals surface area contributed by atoms with Gasteiger partial charge in [0.2, 0.25) is 0 Å². The van der Waals surface area contributed by atoms with Crippen LogP contribution in [0.3, 0.4) is 0 Å². The molecule has 3 N–H and O–H groups in total. The minimum atomic E-state index is -5.08. The minimum absolute atomic E-state index is 0.432. The van der Waals surface area contributed by atoms with Gasteiger partial charge in [0.15, 0.2) is 0 Å². The normalized spacial score (nSPS) is 10.9. The zero-order valence-electron chi connectivity index (χ0n) is 12.8. The van der Waals surface area contributed by atoms with Gasteiger partial charge in [-0.05, 0) is 37.6 Å². The quantitative estimate of drug-likeness (QED) is 0.609. The van der Waals surface area contributed by atoms with Crippen molar-refractivity contribution in [1.29, 1.82) is 0 Å². The van der Waals surface area contributed by atoms with E-state index < -0.39 is 17.8 Å². The lowest BCUT2D eigenvalue weighted by atomic mass is 10.2. The Labute approximate surface area is 144 Å². The number of nitrogens with two attached hydrogens (primary N) is 1. The summed E-state index contributed by atoms with van der Waals surface area (Å²) in [5.74, 6) is -2.26. The summed E-state index contributed by atoms with van der Waals surface area (Å²) >= 11 is 5.92. The number of carboxylic acids is 1. The number of halogens is 4. The number of rotatable bonds is 5. The third-order valence-electron chi connectivity index (χ3n) is 2.77. The molecule has 0 saturated heterocycles. The molecule has 2 rings (SSSR count). The van der Waals surface area contributed by atoms with Gasteiger partial charge in [0.1, 0.15) is 11.3 Å². The zero-order valence-corrected chi connectivity index (χ0v) is 13.6. The fourth-order valence-corrected chi connectivity index (χ4v) is 1.83. The van der Waals surface area contributed by atoms with Crippen LogP contribution < -0.4 is 16.1 Å². The Balaban J connectivity index is 0.000000381. The highest BCUT2D eigenvalue weighted by molar-refractivity contribution is 6.31. The topological polar surface area (TPSA) is 103 Å². The number of ether oxygens (including phenoxy) is 1. The Bertz CT molecular complexity index is 776. The molecule has 0 atom stereocenters. The summed E-state index contributed by atoms with van der Waals surface area (Å²) in [6.45, 7) is 1.15. The van der Waals surface area contributed by atoms with Gasteiger partial charge in [0.05, 0.1) is 18.1 Å². The van der Waals surface area contributed by atoms with E-state index in [4.69, 9.17) is 36.4 Å². The van der Waals surface area contributed by atoms with E-state index in [-0.39, 0.29) is 0 Å². The first-order valence-corrected chi connectivity index (χ1v) is 7.39. The Morgan fingerprint density at radius 2 is 1.92 bits per heavy atom. The molecule has 0 unspecified atom stereocenters. The van der Waals surface area contributed by atoms with Crippen molar-refractivity contribution in [1.82, 2.24) is 0 Å². The van der Waals surface area contributed by atoms with Crippen LogP contribution in [0.4, 0.5) is 13.2 Å². The molecule has 2 aromatic rings. The number of alkyl halides is 3.